The summed E-state index contributed by atoms with van der Waals surface area (Å²) in [5.41, 5.74) is 0. The van der Waals surface area contributed by atoms with Crippen LogP contribution in [0.25, 0.3) is 0 Å². The SMILES string of the molecule is CCCCCCCCCCCCCCCC(C)[n+]1cc[nH]c1C(CCC)CCCCCCCCCC. The zero-order valence-electron chi connectivity index (χ0n) is 25.4. The van der Waals surface area contributed by atoms with Gasteiger partial charge in [0, 0.05) is 0 Å². The molecular weight excluding hydrogens is 436 g/mol. The molecule has 0 saturated carbocycles. The summed E-state index contributed by atoms with van der Waals surface area (Å²) in [4.78, 5) is 3.66. The van der Waals surface area contributed by atoms with Crippen molar-refractivity contribution < 1.29 is 4.57 Å². The molecular formula is C34H67N2+. The Labute approximate surface area is 227 Å². The van der Waals surface area contributed by atoms with Gasteiger partial charge in [-0.2, -0.15) is 0 Å². The van der Waals surface area contributed by atoms with E-state index in [1.165, 1.54) is 166 Å². The van der Waals surface area contributed by atoms with Gasteiger partial charge in [0.25, 0.3) is 5.82 Å². The second kappa shape index (κ2) is 24.5. The standard InChI is InChI=1S/C34H66N2/c1-5-8-10-12-14-16-17-18-19-20-21-23-25-28-32(4)36-31-30-35-34(36)33(27-7-3)29-26-24-22-15-13-11-9-6-2/h30-33H,5-29H2,1-4H3/p+1. The van der Waals surface area contributed by atoms with E-state index in [1.807, 2.05) is 0 Å². The van der Waals surface area contributed by atoms with E-state index in [4.69, 9.17) is 0 Å². The molecule has 1 N–H and O–H groups in total. The first-order valence-electron chi connectivity index (χ1n) is 16.8. The molecule has 1 rings (SSSR count). The minimum atomic E-state index is 0.622. The van der Waals surface area contributed by atoms with Crippen molar-refractivity contribution in [3.8, 4) is 0 Å². The number of nitrogens with one attached hydrogen (secondary N) is 1. The van der Waals surface area contributed by atoms with Gasteiger partial charge >= 0.3 is 0 Å². The fourth-order valence-corrected chi connectivity index (χ4v) is 5.96. The fourth-order valence-electron chi connectivity index (χ4n) is 5.96. The van der Waals surface area contributed by atoms with E-state index in [9.17, 15) is 0 Å². The average molecular weight is 504 g/mol. The maximum absolute atomic E-state index is 3.66. The van der Waals surface area contributed by atoms with Crippen LogP contribution in [0.1, 0.15) is 206 Å². The lowest BCUT2D eigenvalue weighted by Crippen LogP contribution is -2.41. The van der Waals surface area contributed by atoms with E-state index < -0.39 is 0 Å². The van der Waals surface area contributed by atoms with Gasteiger partial charge in [-0.25, -0.2) is 9.55 Å². The lowest BCUT2D eigenvalue weighted by Gasteiger charge is -2.16. The highest BCUT2D eigenvalue weighted by Crippen LogP contribution is 2.26. The number of nitrogens with zero attached hydrogens (tertiary/aromatic N) is 1. The molecule has 0 spiro atoms. The van der Waals surface area contributed by atoms with E-state index >= 15 is 0 Å². The lowest BCUT2D eigenvalue weighted by atomic mass is 9.94. The number of unbranched alkanes of at least 4 members (excludes halogenated alkanes) is 19. The molecule has 212 valence electrons. The maximum Gasteiger partial charge on any atom is 0.257 e. The van der Waals surface area contributed by atoms with Gasteiger partial charge in [0.2, 0.25) is 0 Å². The lowest BCUT2D eigenvalue weighted by molar-refractivity contribution is -0.727. The topological polar surface area (TPSA) is 19.7 Å². The molecule has 0 saturated heterocycles. The molecule has 0 aliphatic rings. The molecule has 0 amide bonds. The van der Waals surface area contributed by atoms with Crippen LogP contribution >= 0.6 is 0 Å². The Bertz CT molecular complexity index is 563. The summed E-state index contributed by atoms with van der Waals surface area (Å²) >= 11 is 0. The van der Waals surface area contributed by atoms with Crippen LogP contribution in [0, 0.1) is 0 Å². The van der Waals surface area contributed by atoms with Gasteiger partial charge < -0.3 is 0 Å². The van der Waals surface area contributed by atoms with Gasteiger partial charge in [-0.1, -0.05) is 156 Å². The summed E-state index contributed by atoms with van der Waals surface area (Å²) in [7, 11) is 0. The van der Waals surface area contributed by atoms with Crippen molar-refractivity contribution in [3.63, 3.8) is 0 Å². The quantitative estimate of drug-likeness (QED) is 0.0909. The Morgan fingerprint density at radius 1 is 0.528 bits per heavy atom. The molecule has 0 aliphatic heterocycles. The highest BCUT2D eigenvalue weighted by Gasteiger charge is 2.24. The third-order valence-corrected chi connectivity index (χ3v) is 8.37. The van der Waals surface area contributed by atoms with E-state index in [0.29, 0.717) is 12.0 Å². The van der Waals surface area contributed by atoms with Crippen molar-refractivity contribution in [2.24, 2.45) is 0 Å². The second-order valence-corrected chi connectivity index (χ2v) is 11.9. The highest BCUT2D eigenvalue weighted by atomic mass is 15.1. The summed E-state index contributed by atoms with van der Waals surface area (Å²) in [5.74, 6) is 2.21. The number of rotatable bonds is 27. The number of imidazole rings is 1. The van der Waals surface area contributed by atoms with Crippen LogP contribution in [-0.2, 0) is 0 Å². The van der Waals surface area contributed by atoms with Crippen LogP contribution in [0.4, 0.5) is 0 Å². The third-order valence-electron chi connectivity index (χ3n) is 8.37. The summed E-state index contributed by atoms with van der Waals surface area (Å²) in [6.45, 7) is 9.41. The fraction of sp³-hybridized carbons (Fsp3) is 0.912. The molecule has 1 heterocycles. The zero-order valence-corrected chi connectivity index (χ0v) is 25.4. The van der Waals surface area contributed by atoms with Gasteiger partial charge in [-0.15, -0.1) is 0 Å². The van der Waals surface area contributed by atoms with Gasteiger partial charge in [0.05, 0.1) is 12.0 Å². The molecule has 0 aromatic carbocycles. The van der Waals surface area contributed by atoms with Crippen LogP contribution < -0.4 is 4.57 Å². The second-order valence-electron chi connectivity index (χ2n) is 11.9. The van der Waals surface area contributed by atoms with Gasteiger partial charge in [-0.3, -0.25) is 0 Å². The number of H-pyrrole nitrogens is 1. The summed E-state index contributed by atoms with van der Waals surface area (Å²) in [6.07, 6.45) is 39.8. The van der Waals surface area contributed by atoms with Crippen molar-refractivity contribution in [2.45, 2.75) is 200 Å². The van der Waals surface area contributed by atoms with E-state index in [-0.39, 0.29) is 0 Å². The molecule has 1 aromatic heterocycles. The van der Waals surface area contributed by atoms with Crippen molar-refractivity contribution in [3.05, 3.63) is 18.2 Å². The first-order valence-corrected chi connectivity index (χ1v) is 16.8. The smallest absolute Gasteiger partial charge is 0.247 e. The molecule has 1 aromatic rings. The number of aromatic nitrogens is 2. The minimum Gasteiger partial charge on any atom is -0.247 e. The average Bonchev–Trinajstić information content (AvgIpc) is 3.37. The maximum atomic E-state index is 3.66. The Hall–Kier alpha value is -0.790. The van der Waals surface area contributed by atoms with Crippen LogP contribution in [0.2, 0.25) is 0 Å². The van der Waals surface area contributed by atoms with Crippen molar-refractivity contribution >= 4 is 0 Å². The molecule has 2 nitrogen and oxygen atoms in total. The van der Waals surface area contributed by atoms with Crippen molar-refractivity contribution in [2.75, 3.05) is 0 Å². The molecule has 0 bridgehead atoms. The van der Waals surface area contributed by atoms with Gasteiger partial charge in [-0.05, 0) is 32.6 Å². The van der Waals surface area contributed by atoms with Crippen molar-refractivity contribution in [1.82, 2.24) is 4.98 Å². The van der Waals surface area contributed by atoms with Crippen LogP contribution in [-0.4, -0.2) is 4.98 Å². The largest absolute Gasteiger partial charge is 0.257 e. The Balaban J connectivity index is 2.19. The number of hydrogen-bond donors (Lipinski definition) is 1. The highest BCUT2D eigenvalue weighted by molar-refractivity contribution is 4.90. The Morgan fingerprint density at radius 3 is 1.39 bits per heavy atom. The molecule has 0 radical (unpaired) electrons. The van der Waals surface area contributed by atoms with Crippen LogP contribution in [0.3, 0.4) is 0 Å². The normalized spacial score (nSPS) is 13.3. The molecule has 36 heavy (non-hydrogen) atoms. The minimum absolute atomic E-state index is 0.622. The zero-order chi connectivity index (χ0) is 26.1. The summed E-state index contributed by atoms with van der Waals surface area (Å²) in [6, 6.07) is 0.622. The number of hydrogen-bond acceptors (Lipinski definition) is 0. The van der Waals surface area contributed by atoms with E-state index in [1.54, 1.807) is 0 Å². The Morgan fingerprint density at radius 2 is 0.944 bits per heavy atom. The predicted molar refractivity (Wildman–Crippen MR) is 161 cm³/mol. The number of aromatic amines is 1. The monoisotopic (exact) mass is 504 g/mol. The molecule has 0 aliphatic carbocycles. The third kappa shape index (κ3) is 16.9. The van der Waals surface area contributed by atoms with Crippen molar-refractivity contribution in [1.29, 1.82) is 0 Å². The summed E-state index contributed by atoms with van der Waals surface area (Å²) < 4.78 is 2.59. The summed E-state index contributed by atoms with van der Waals surface area (Å²) in [5, 5.41) is 0. The van der Waals surface area contributed by atoms with E-state index in [2.05, 4.69) is 49.6 Å². The first-order chi connectivity index (χ1) is 17.7. The van der Waals surface area contributed by atoms with Gasteiger partial charge in [0.1, 0.15) is 12.4 Å². The molecule has 2 unspecified atom stereocenters. The molecule has 2 heteroatoms. The Kier molecular flexibility index (Phi) is 22.7. The predicted octanol–water partition coefficient (Wildman–Crippen LogP) is 11.8. The molecule has 2 atom stereocenters. The van der Waals surface area contributed by atoms with Crippen LogP contribution in [0.5, 0.6) is 0 Å². The van der Waals surface area contributed by atoms with Crippen LogP contribution in [0.15, 0.2) is 12.4 Å². The van der Waals surface area contributed by atoms with Gasteiger partial charge in [0.15, 0.2) is 0 Å². The first kappa shape index (κ1) is 33.2. The molecule has 0 fully saturated rings. The van der Waals surface area contributed by atoms with E-state index in [0.717, 1.165) is 0 Å².